The first-order chi connectivity index (χ1) is 9.26. The summed E-state index contributed by atoms with van der Waals surface area (Å²) in [5, 5.41) is 5.47. The van der Waals surface area contributed by atoms with E-state index in [1.165, 1.54) is 16.5 Å². The quantitative estimate of drug-likeness (QED) is 0.787. The van der Waals surface area contributed by atoms with Gasteiger partial charge >= 0.3 is 0 Å². The van der Waals surface area contributed by atoms with Crippen LogP contribution in [0.2, 0.25) is 5.02 Å². The van der Waals surface area contributed by atoms with E-state index in [1.54, 1.807) is 7.11 Å². The molecule has 0 aliphatic rings. The Morgan fingerprint density at radius 3 is 2.95 bits per heavy atom. The van der Waals surface area contributed by atoms with Gasteiger partial charge in [0.05, 0.1) is 6.61 Å². The number of benzene rings is 1. The maximum absolute atomic E-state index is 6.10. The first-order valence-corrected chi connectivity index (χ1v) is 7.11. The molecule has 1 heterocycles. The Morgan fingerprint density at radius 2 is 2.21 bits per heavy atom. The van der Waals surface area contributed by atoms with E-state index in [9.17, 15) is 0 Å². The molecule has 1 aromatic carbocycles. The number of halogens is 1. The fourth-order valence-electron chi connectivity index (χ4n) is 2.31. The molecule has 0 aliphatic heterocycles. The molecule has 1 aromatic heterocycles. The van der Waals surface area contributed by atoms with Gasteiger partial charge in [-0.25, -0.2) is 0 Å². The maximum Gasteiger partial charge on any atom is 0.0587 e. The molecule has 0 aliphatic carbocycles. The second-order valence-corrected chi connectivity index (χ2v) is 5.12. The number of nitrogens with one attached hydrogen (secondary N) is 1. The maximum atomic E-state index is 6.10. The van der Waals surface area contributed by atoms with E-state index in [-0.39, 0.29) is 0 Å². The number of rotatable bonds is 7. The lowest BCUT2D eigenvalue weighted by molar-refractivity contribution is 0.199. The van der Waals surface area contributed by atoms with E-state index in [0.29, 0.717) is 0 Å². The minimum atomic E-state index is 0.736. The van der Waals surface area contributed by atoms with Crippen molar-refractivity contribution in [1.29, 1.82) is 0 Å². The molecular weight excluding hydrogens is 260 g/mol. The highest BCUT2D eigenvalue weighted by atomic mass is 35.5. The monoisotopic (exact) mass is 280 g/mol. The summed E-state index contributed by atoms with van der Waals surface area (Å²) >= 11 is 6.10. The largest absolute Gasteiger partial charge is 0.383 e. The van der Waals surface area contributed by atoms with Crippen LogP contribution in [0.1, 0.15) is 18.9 Å². The number of ether oxygens (including phenoxy) is 1. The zero-order valence-corrected chi connectivity index (χ0v) is 12.3. The van der Waals surface area contributed by atoms with Crippen molar-refractivity contribution in [2.45, 2.75) is 26.4 Å². The molecular formula is C15H21ClN2O. The van der Waals surface area contributed by atoms with Crippen molar-refractivity contribution in [3.8, 4) is 0 Å². The van der Waals surface area contributed by atoms with Crippen molar-refractivity contribution in [3.63, 3.8) is 0 Å². The highest BCUT2D eigenvalue weighted by Crippen LogP contribution is 2.25. The molecule has 0 fully saturated rings. The second kappa shape index (κ2) is 6.94. The SMILES string of the molecule is CCCn1cc(CNCCOC)c2ccc(Cl)cc21. The summed E-state index contributed by atoms with van der Waals surface area (Å²) < 4.78 is 7.33. The Bertz CT molecular complexity index is 536. The van der Waals surface area contributed by atoms with Gasteiger partial charge in [-0.05, 0) is 24.1 Å². The molecule has 104 valence electrons. The van der Waals surface area contributed by atoms with E-state index in [1.807, 2.05) is 12.1 Å². The third-order valence-electron chi connectivity index (χ3n) is 3.19. The van der Waals surface area contributed by atoms with Crippen LogP contribution in [0.15, 0.2) is 24.4 Å². The van der Waals surface area contributed by atoms with Gasteiger partial charge in [-0.1, -0.05) is 24.6 Å². The van der Waals surface area contributed by atoms with Crippen molar-refractivity contribution in [2.75, 3.05) is 20.3 Å². The average molecular weight is 281 g/mol. The zero-order valence-electron chi connectivity index (χ0n) is 11.6. The van der Waals surface area contributed by atoms with Crippen molar-refractivity contribution < 1.29 is 4.74 Å². The summed E-state index contributed by atoms with van der Waals surface area (Å²) in [6, 6.07) is 6.11. The number of hydrogen-bond donors (Lipinski definition) is 1. The molecule has 0 radical (unpaired) electrons. The molecule has 19 heavy (non-hydrogen) atoms. The lowest BCUT2D eigenvalue weighted by atomic mass is 10.2. The standard InChI is InChI=1S/C15H21ClN2O/c1-3-7-18-11-12(10-17-6-8-19-2)14-5-4-13(16)9-15(14)18/h4-5,9,11,17H,3,6-8,10H2,1-2H3. The van der Waals surface area contributed by atoms with Gasteiger partial charge in [0.2, 0.25) is 0 Å². The van der Waals surface area contributed by atoms with Crippen molar-refractivity contribution in [3.05, 3.63) is 35.0 Å². The lowest BCUT2D eigenvalue weighted by Crippen LogP contribution is -2.18. The minimum absolute atomic E-state index is 0.736. The summed E-state index contributed by atoms with van der Waals surface area (Å²) in [6.07, 6.45) is 3.34. The van der Waals surface area contributed by atoms with Crippen LogP contribution < -0.4 is 5.32 Å². The zero-order chi connectivity index (χ0) is 13.7. The smallest absolute Gasteiger partial charge is 0.0587 e. The molecule has 2 aromatic rings. The number of nitrogens with zero attached hydrogens (tertiary/aromatic N) is 1. The fraction of sp³-hybridized carbons (Fsp3) is 0.467. The van der Waals surface area contributed by atoms with E-state index in [4.69, 9.17) is 16.3 Å². The molecule has 0 spiro atoms. The summed E-state index contributed by atoms with van der Waals surface area (Å²) in [4.78, 5) is 0. The number of hydrogen-bond acceptors (Lipinski definition) is 2. The van der Waals surface area contributed by atoms with E-state index in [0.717, 1.165) is 37.7 Å². The van der Waals surface area contributed by atoms with E-state index >= 15 is 0 Å². The van der Waals surface area contributed by atoms with E-state index in [2.05, 4.69) is 29.1 Å². The third kappa shape index (κ3) is 3.50. The van der Waals surface area contributed by atoms with Gasteiger partial charge in [-0.3, -0.25) is 0 Å². The Hall–Kier alpha value is -1.03. The van der Waals surface area contributed by atoms with Crippen LogP contribution in [0.3, 0.4) is 0 Å². The van der Waals surface area contributed by atoms with Crippen LogP contribution in [0, 0.1) is 0 Å². The van der Waals surface area contributed by atoms with Gasteiger partial charge in [0.25, 0.3) is 0 Å². The van der Waals surface area contributed by atoms with Gasteiger partial charge in [0.15, 0.2) is 0 Å². The van der Waals surface area contributed by atoms with Crippen LogP contribution in [-0.2, 0) is 17.8 Å². The van der Waals surface area contributed by atoms with Gasteiger partial charge in [0.1, 0.15) is 0 Å². The Balaban J connectivity index is 2.23. The van der Waals surface area contributed by atoms with Crippen molar-refractivity contribution in [2.24, 2.45) is 0 Å². The fourth-order valence-corrected chi connectivity index (χ4v) is 2.47. The topological polar surface area (TPSA) is 26.2 Å². The Labute approximate surface area is 119 Å². The first kappa shape index (κ1) is 14.4. The lowest BCUT2D eigenvalue weighted by Gasteiger charge is -2.02. The summed E-state index contributed by atoms with van der Waals surface area (Å²) in [7, 11) is 1.72. The second-order valence-electron chi connectivity index (χ2n) is 4.68. The summed E-state index contributed by atoms with van der Waals surface area (Å²) in [5.74, 6) is 0. The molecule has 3 nitrogen and oxygen atoms in total. The van der Waals surface area contributed by atoms with Crippen molar-refractivity contribution >= 4 is 22.5 Å². The molecule has 0 amide bonds. The van der Waals surface area contributed by atoms with Crippen LogP contribution in [0.4, 0.5) is 0 Å². The van der Waals surface area contributed by atoms with Crippen LogP contribution in [-0.4, -0.2) is 24.8 Å². The predicted octanol–water partition coefficient (Wildman–Crippen LogP) is 3.44. The highest BCUT2D eigenvalue weighted by Gasteiger charge is 2.08. The first-order valence-electron chi connectivity index (χ1n) is 6.73. The van der Waals surface area contributed by atoms with Crippen molar-refractivity contribution in [1.82, 2.24) is 9.88 Å². The van der Waals surface area contributed by atoms with Gasteiger partial charge in [0, 0.05) is 48.9 Å². The molecule has 0 unspecified atom stereocenters. The summed E-state index contributed by atoms with van der Waals surface area (Å²) in [6.45, 7) is 5.67. The number of methoxy groups -OCH3 is 1. The Morgan fingerprint density at radius 1 is 1.37 bits per heavy atom. The molecule has 0 saturated heterocycles. The average Bonchev–Trinajstić information content (AvgIpc) is 2.73. The number of aromatic nitrogens is 1. The van der Waals surface area contributed by atoms with Crippen LogP contribution in [0.25, 0.3) is 10.9 Å². The number of fused-ring (bicyclic) bond motifs is 1. The van der Waals surface area contributed by atoms with Crippen LogP contribution >= 0.6 is 11.6 Å². The summed E-state index contributed by atoms with van der Waals surface area (Å²) in [5.41, 5.74) is 2.54. The molecule has 2 rings (SSSR count). The minimum Gasteiger partial charge on any atom is -0.383 e. The van der Waals surface area contributed by atoms with Gasteiger partial charge in [-0.2, -0.15) is 0 Å². The Kier molecular flexibility index (Phi) is 5.25. The van der Waals surface area contributed by atoms with Gasteiger partial charge in [-0.15, -0.1) is 0 Å². The third-order valence-corrected chi connectivity index (χ3v) is 3.42. The molecule has 1 N–H and O–H groups in total. The predicted molar refractivity (Wildman–Crippen MR) is 80.8 cm³/mol. The van der Waals surface area contributed by atoms with Crippen LogP contribution in [0.5, 0.6) is 0 Å². The number of aryl methyl sites for hydroxylation is 1. The molecule has 0 bridgehead atoms. The molecule has 0 atom stereocenters. The van der Waals surface area contributed by atoms with Gasteiger partial charge < -0.3 is 14.6 Å². The van der Waals surface area contributed by atoms with E-state index < -0.39 is 0 Å². The molecule has 0 saturated carbocycles. The molecule has 4 heteroatoms. The normalized spacial score (nSPS) is 11.3. The highest BCUT2D eigenvalue weighted by molar-refractivity contribution is 6.31.